The summed E-state index contributed by atoms with van der Waals surface area (Å²) in [5.41, 5.74) is 0. The maximum Gasteiger partial charge on any atom is 0.224 e. The number of aromatic nitrogens is 2. The van der Waals surface area contributed by atoms with Crippen LogP contribution in [0.2, 0.25) is 0 Å². The summed E-state index contributed by atoms with van der Waals surface area (Å²) in [4.78, 5) is 14.0. The Morgan fingerprint density at radius 2 is 1.88 bits per heavy atom. The van der Waals surface area contributed by atoms with Crippen molar-refractivity contribution in [3.05, 3.63) is 12.3 Å². The summed E-state index contributed by atoms with van der Waals surface area (Å²) in [5.74, 6) is 4.32. The van der Waals surface area contributed by atoms with Gasteiger partial charge in [0.05, 0.1) is 6.10 Å². The number of hydrogen-bond donors (Lipinski definition) is 2. The molecule has 0 aliphatic carbocycles. The zero-order valence-corrected chi connectivity index (χ0v) is 16.3. The summed E-state index contributed by atoms with van der Waals surface area (Å²) >= 11 is 2.10. The second-order valence-electron chi connectivity index (χ2n) is 7.78. The van der Waals surface area contributed by atoms with E-state index in [-0.39, 0.29) is 6.10 Å². The highest BCUT2D eigenvalue weighted by Gasteiger charge is 2.27. The number of rotatable bonds is 4. The number of hydrogen-bond acceptors (Lipinski definition) is 7. The van der Waals surface area contributed by atoms with Crippen LogP contribution in [0.25, 0.3) is 0 Å². The smallest absolute Gasteiger partial charge is 0.224 e. The molecular formula is C19H31N5OS. The van der Waals surface area contributed by atoms with Gasteiger partial charge >= 0.3 is 0 Å². The molecule has 0 saturated carbocycles. The van der Waals surface area contributed by atoms with Crippen LogP contribution in [0.3, 0.4) is 0 Å². The summed E-state index contributed by atoms with van der Waals surface area (Å²) in [5, 5.41) is 13.4. The molecule has 3 saturated heterocycles. The minimum Gasteiger partial charge on any atom is -0.391 e. The molecule has 3 aliphatic rings. The van der Waals surface area contributed by atoms with Gasteiger partial charge in [-0.1, -0.05) is 0 Å². The first-order chi connectivity index (χ1) is 12.8. The highest BCUT2D eigenvalue weighted by molar-refractivity contribution is 7.99. The second-order valence-corrected chi connectivity index (χ2v) is 9.00. The van der Waals surface area contributed by atoms with E-state index in [1.165, 1.54) is 50.3 Å². The molecule has 2 N–H and O–H groups in total. The van der Waals surface area contributed by atoms with Gasteiger partial charge in [-0.25, -0.2) is 4.98 Å². The third kappa shape index (κ3) is 4.61. The van der Waals surface area contributed by atoms with E-state index in [0.717, 1.165) is 37.2 Å². The van der Waals surface area contributed by atoms with Crippen LogP contribution in [0.15, 0.2) is 12.3 Å². The van der Waals surface area contributed by atoms with Crippen LogP contribution in [-0.4, -0.2) is 75.8 Å². The first-order valence-electron chi connectivity index (χ1n) is 10.1. The van der Waals surface area contributed by atoms with Crippen molar-refractivity contribution >= 4 is 23.5 Å². The molecule has 0 amide bonds. The van der Waals surface area contributed by atoms with Crippen LogP contribution >= 0.6 is 11.8 Å². The molecule has 144 valence electrons. The van der Waals surface area contributed by atoms with Gasteiger partial charge in [0.1, 0.15) is 5.82 Å². The largest absolute Gasteiger partial charge is 0.391 e. The number of thioether (sulfide) groups is 1. The van der Waals surface area contributed by atoms with Crippen LogP contribution in [0.1, 0.15) is 38.5 Å². The molecule has 3 fully saturated rings. The molecule has 0 radical (unpaired) electrons. The molecule has 1 aromatic rings. The lowest BCUT2D eigenvalue weighted by Gasteiger charge is -2.39. The Labute approximate surface area is 160 Å². The summed E-state index contributed by atoms with van der Waals surface area (Å²) in [7, 11) is 0. The summed E-state index contributed by atoms with van der Waals surface area (Å²) < 4.78 is 0. The fraction of sp³-hybridized carbons (Fsp3) is 0.789. The van der Waals surface area contributed by atoms with Gasteiger partial charge in [-0.3, -0.25) is 0 Å². The fourth-order valence-corrected chi connectivity index (χ4v) is 5.48. The molecule has 7 heteroatoms. The van der Waals surface area contributed by atoms with Crippen molar-refractivity contribution in [2.75, 3.05) is 47.9 Å². The van der Waals surface area contributed by atoms with Gasteiger partial charge in [-0.05, 0) is 56.1 Å². The molecule has 0 bridgehead atoms. The van der Waals surface area contributed by atoms with Gasteiger partial charge in [-0.2, -0.15) is 16.7 Å². The third-order valence-corrected chi connectivity index (χ3v) is 6.98. The molecule has 26 heavy (non-hydrogen) atoms. The zero-order chi connectivity index (χ0) is 17.8. The molecule has 1 unspecified atom stereocenters. The highest BCUT2D eigenvalue weighted by Crippen LogP contribution is 2.25. The van der Waals surface area contributed by atoms with Crippen molar-refractivity contribution in [3.8, 4) is 0 Å². The average molecular weight is 378 g/mol. The van der Waals surface area contributed by atoms with Crippen molar-refractivity contribution in [3.63, 3.8) is 0 Å². The number of aliphatic hydroxyl groups is 1. The molecule has 3 aliphatic heterocycles. The first kappa shape index (κ1) is 18.3. The predicted octanol–water partition coefficient (Wildman–Crippen LogP) is 2.21. The zero-order valence-electron chi connectivity index (χ0n) is 15.5. The van der Waals surface area contributed by atoms with Crippen molar-refractivity contribution < 1.29 is 5.11 Å². The Balaban J connectivity index is 1.30. The average Bonchev–Trinajstić information content (AvgIpc) is 2.69. The van der Waals surface area contributed by atoms with E-state index in [0.29, 0.717) is 12.6 Å². The molecular weight excluding hydrogens is 346 g/mol. The standard InChI is InChI=1S/C19H31N5OS/c25-17-2-1-9-24(14-17)18-3-8-20-19(22-18)21-15-4-10-23(11-5-15)16-6-12-26-13-7-16/h3,8,15-17,25H,1-2,4-7,9-14H2,(H,20,21,22). The SMILES string of the molecule is OC1CCCN(c2ccnc(NC3CCN(C4CCSCC4)CC3)n2)C1. The summed E-state index contributed by atoms with van der Waals surface area (Å²) in [6.07, 6.45) is 8.56. The quantitative estimate of drug-likeness (QED) is 0.834. The molecule has 4 rings (SSSR count). The van der Waals surface area contributed by atoms with E-state index in [4.69, 9.17) is 4.98 Å². The van der Waals surface area contributed by atoms with E-state index in [1.54, 1.807) is 0 Å². The van der Waals surface area contributed by atoms with Crippen molar-refractivity contribution in [1.29, 1.82) is 0 Å². The third-order valence-electron chi connectivity index (χ3n) is 5.93. The Kier molecular flexibility index (Phi) is 6.17. The molecule has 4 heterocycles. The Hall–Kier alpha value is -1.05. The number of piperidine rings is 2. The highest BCUT2D eigenvalue weighted by atomic mass is 32.2. The van der Waals surface area contributed by atoms with E-state index in [2.05, 4.69) is 31.9 Å². The Morgan fingerprint density at radius 1 is 1.08 bits per heavy atom. The molecule has 1 aromatic heterocycles. The predicted molar refractivity (Wildman–Crippen MR) is 108 cm³/mol. The van der Waals surface area contributed by atoms with Gasteiger partial charge in [0.2, 0.25) is 5.95 Å². The lowest BCUT2D eigenvalue weighted by molar-refractivity contribution is 0.148. The van der Waals surface area contributed by atoms with E-state index < -0.39 is 0 Å². The van der Waals surface area contributed by atoms with E-state index in [1.807, 2.05) is 12.3 Å². The maximum atomic E-state index is 9.90. The van der Waals surface area contributed by atoms with Gasteiger partial charge in [-0.15, -0.1) is 0 Å². The molecule has 1 atom stereocenters. The second kappa shape index (κ2) is 8.76. The van der Waals surface area contributed by atoms with Crippen molar-refractivity contribution in [2.24, 2.45) is 0 Å². The maximum absolute atomic E-state index is 9.90. The number of aliphatic hydroxyl groups excluding tert-OH is 1. The van der Waals surface area contributed by atoms with Gasteiger partial charge in [0, 0.05) is 44.5 Å². The Bertz CT molecular complexity index is 575. The molecule has 6 nitrogen and oxygen atoms in total. The van der Waals surface area contributed by atoms with E-state index in [9.17, 15) is 5.11 Å². The van der Waals surface area contributed by atoms with Crippen LogP contribution in [-0.2, 0) is 0 Å². The van der Waals surface area contributed by atoms with E-state index >= 15 is 0 Å². The molecule has 0 aromatic carbocycles. The topological polar surface area (TPSA) is 64.5 Å². The number of likely N-dealkylation sites (tertiary alicyclic amines) is 1. The van der Waals surface area contributed by atoms with Gasteiger partial charge < -0.3 is 20.2 Å². The van der Waals surface area contributed by atoms with Crippen molar-refractivity contribution in [1.82, 2.24) is 14.9 Å². The number of anilines is 2. The van der Waals surface area contributed by atoms with Crippen molar-refractivity contribution in [2.45, 2.75) is 56.7 Å². The Morgan fingerprint density at radius 3 is 2.65 bits per heavy atom. The number of nitrogens with one attached hydrogen (secondary N) is 1. The van der Waals surface area contributed by atoms with Crippen LogP contribution in [0.4, 0.5) is 11.8 Å². The van der Waals surface area contributed by atoms with Crippen LogP contribution in [0.5, 0.6) is 0 Å². The van der Waals surface area contributed by atoms with Gasteiger partial charge in [0.15, 0.2) is 0 Å². The normalized spacial score (nSPS) is 26.8. The lowest BCUT2D eigenvalue weighted by atomic mass is 10.0. The summed E-state index contributed by atoms with van der Waals surface area (Å²) in [6.45, 7) is 4.01. The number of nitrogens with zero attached hydrogens (tertiary/aromatic N) is 4. The van der Waals surface area contributed by atoms with Crippen LogP contribution < -0.4 is 10.2 Å². The minimum atomic E-state index is -0.238. The minimum absolute atomic E-state index is 0.238. The van der Waals surface area contributed by atoms with Crippen LogP contribution in [0, 0.1) is 0 Å². The fourth-order valence-electron chi connectivity index (χ4n) is 4.40. The number of β-amino-alcohol motifs (C(OH)–C–C–N with tert-alkyl or cyclic N) is 1. The summed E-state index contributed by atoms with van der Waals surface area (Å²) in [6, 6.07) is 3.22. The molecule has 0 spiro atoms. The lowest BCUT2D eigenvalue weighted by Crippen LogP contribution is -2.46. The monoisotopic (exact) mass is 377 g/mol. The first-order valence-corrected chi connectivity index (χ1v) is 11.3. The van der Waals surface area contributed by atoms with Gasteiger partial charge in [0.25, 0.3) is 0 Å².